The van der Waals surface area contributed by atoms with Gasteiger partial charge in [-0.05, 0) is 52.4 Å². The van der Waals surface area contributed by atoms with Crippen molar-refractivity contribution in [1.29, 1.82) is 0 Å². The Morgan fingerprint density at radius 2 is 2.12 bits per heavy atom. The molecule has 4 aromatic heterocycles. The van der Waals surface area contributed by atoms with Crippen LogP contribution in [0.15, 0.2) is 47.6 Å². The summed E-state index contributed by atoms with van der Waals surface area (Å²) in [6.45, 7) is 2.15. The number of piperidine rings is 1. The van der Waals surface area contributed by atoms with E-state index in [1.165, 1.54) is 6.33 Å². The zero-order valence-corrected chi connectivity index (χ0v) is 19.9. The summed E-state index contributed by atoms with van der Waals surface area (Å²) in [5, 5.41) is 4.40. The number of fused-ring (bicyclic) bond motifs is 4. The molecule has 2 amide bonds. The van der Waals surface area contributed by atoms with Crippen LogP contribution in [-0.2, 0) is 16.1 Å². The summed E-state index contributed by atoms with van der Waals surface area (Å²) in [6.07, 6.45) is 6.26. The van der Waals surface area contributed by atoms with Gasteiger partial charge in [-0.15, -0.1) is 0 Å². The third kappa shape index (κ3) is 3.22. The van der Waals surface area contributed by atoms with E-state index >= 15 is 0 Å². The molecular weight excluding hydrogens is 500 g/mol. The molecule has 0 spiro atoms. The fourth-order valence-electron chi connectivity index (χ4n) is 5.20. The average molecular weight is 521 g/mol. The first-order valence-electron chi connectivity index (χ1n) is 10.9. The Bertz CT molecular complexity index is 1490. The minimum atomic E-state index is -0.567. The Morgan fingerprint density at radius 3 is 2.94 bits per heavy atom. The van der Waals surface area contributed by atoms with Gasteiger partial charge in [0.25, 0.3) is 0 Å². The van der Waals surface area contributed by atoms with Crippen LogP contribution in [0.1, 0.15) is 19.8 Å². The molecule has 1 aliphatic carbocycles. The topological polar surface area (TPSA) is 132 Å². The number of rotatable bonds is 4. The second-order valence-electron chi connectivity index (χ2n) is 9.17. The smallest absolute Gasteiger partial charge is 0.248 e. The number of pyridine rings is 2. The van der Waals surface area contributed by atoms with Crippen LogP contribution in [0, 0.1) is 5.41 Å². The van der Waals surface area contributed by atoms with Crippen molar-refractivity contribution in [3.05, 3.63) is 47.6 Å². The standard InChI is InChI=1S/C23H21BrN8O2/c1-23-7-13(22(34)30-17-4-2-3-16(24)29-17)32(15(23)8-23)18(33)10-31-14-9-26-6-5-12(14)19-20(25)27-11-28-21(19)31/h2-6,9,11,13,15H,7-8,10H2,1H3,(H2,25,27,28)(H,29,30,34)/t13-,15+,23-/m0/s1. The highest BCUT2D eigenvalue weighted by Crippen LogP contribution is 2.59. The van der Waals surface area contributed by atoms with Gasteiger partial charge in [0.1, 0.15) is 40.8 Å². The molecule has 0 unspecified atom stereocenters. The summed E-state index contributed by atoms with van der Waals surface area (Å²) >= 11 is 3.32. The number of hydrogen-bond donors (Lipinski definition) is 2. The molecule has 11 heteroatoms. The second-order valence-corrected chi connectivity index (χ2v) is 9.98. The average Bonchev–Trinajstić information content (AvgIpc) is 3.21. The Morgan fingerprint density at radius 1 is 1.26 bits per heavy atom. The van der Waals surface area contributed by atoms with Gasteiger partial charge in [-0.2, -0.15) is 0 Å². The summed E-state index contributed by atoms with van der Waals surface area (Å²) in [6, 6.07) is 6.62. The lowest BCUT2D eigenvalue weighted by molar-refractivity contribution is -0.138. The van der Waals surface area contributed by atoms with E-state index in [-0.39, 0.29) is 29.8 Å². The third-order valence-corrected chi connectivity index (χ3v) is 7.40. The predicted octanol–water partition coefficient (Wildman–Crippen LogP) is 2.74. The van der Waals surface area contributed by atoms with Crippen LogP contribution in [0.3, 0.4) is 0 Å². The van der Waals surface area contributed by atoms with Gasteiger partial charge < -0.3 is 20.5 Å². The van der Waals surface area contributed by atoms with Gasteiger partial charge in [0.2, 0.25) is 11.8 Å². The van der Waals surface area contributed by atoms with E-state index in [4.69, 9.17) is 5.73 Å². The van der Waals surface area contributed by atoms with Crippen molar-refractivity contribution in [1.82, 2.24) is 29.4 Å². The van der Waals surface area contributed by atoms with E-state index in [0.717, 1.165) is 17.3 Å². The number of anilines is 2. The molecule has 2 fully saturated rings. The maximum absolute atomic E-state index is 13.7. The summed E-state index contributed by atoms with van der Waals surface area (Å²) in [5.74, 6) is 0.413. The number of halogens is 1. The van der Waals surface area contributed by atoms with Crippen molar-refractivity contribution in [2.24, 2.45) is 5.41 Å². The molecule has 3 N–H and O–H groups in total. The van der Waals surface area contributed by atoms with Crippen molar-refractivity contribution in [2.75, 3.05) is 11.1 Å². The number of nitrogens with one attached hydrogen (secondary N) is 1. The first-order valence-corrected chi connectivity index (χ1v) is 11.7. The van der Waals surface area contributed by atoms with E-state index in [9.17, 15) is 9.59 Å². The number of amides is 2. The predicted molar refractivity (Wildman–Crippen MR) is 130 cm³/mol. The van der Waals surface area contributed by atoms with Crippen molar-refractivity contribution in [3.8, 4) is 0 Å². The third-order valence-electron chi connectivity index (χ3n) is 6.96. The molecule has 34 heavy (non-hydrogen) atoms. The van der Waals surface area contributed by atoms with Gasteiger partial charge in [0.05, 0.1) is 17.1 Å². The Balaban J connectivity index is 1.33. The highest BCUT2D eigenvalue weighted by atomic mass is 79.9. The molecule has 2 aliphatic rings. The van der Waals surface area contributed by atoms with Gasteiger partial charge in [-0.3, -0.25) is 14.6 Å². The van der Waals surface area contributed by atoms with Crippen molar-refractivity contribution >= 4 is 61.3 Å². The fourth-order valence-corrected chi connectivity index (χ4v) is 5.55. The molecule has 1 saturated carbocycles. The largest absolute Gasteiger partial charge is 0.383 e. The van der Waals surface area contributed by atoms with Crippen molar-refractivity contribution < 1.29 is 9.59 Å². The number of nitrogens with two attached hydrogens (primary N) is 1. The molecular formula is C23H21BrN8O2. The Kier molecular flexibility index (Phi) is 4.60. The number of aromatic nitrogens is 5. The van der Waals surface area contributed by atoms with Crippen LogP contribution in [0.2, 0.25) is 0 Å². The lowest BCUT2D eigenvalue weighted by atomic mass is 10.0. The first kappa shape index (κ1) is 21.0. The van der Waals surface area contributed by atoms with Gasteiger partial charge in [0.15, 0.2) is 0 Å². The maximum atomic E-state index is 13.7. The van der Waals surface area contributed by atoms with Crippen molar-refractivity contribution in [3.63, 3.8) is 0 Å². The summed E-state index contributed by atoms with van der Waals surface area (Å²) in [5.41, 5.74) is 7.41. The lowest BCUT2D eigenvalue weighted by Gasteiger charge is -2.27. The maximum Gasteiger partial charge on any atom is 0.248 e. The Hall–Kier alpha value is -3.60. The molecule has 6 rings (SSSR count). The van der Waals surface area contributed by atoms with E-state index in [0.29, 0.717) is 33.7 Å². The molecule has 3 atom stereocenters. The van der Waals surface area contributed by atoms with E-state index in [2.05, 4.69) is 48.1 Å². The Labute approximate surface area is 202 Å². The highest BCUT2D eigenvalue weighted by molar-refractivity contribution is 9.10. The molecule has 0 aromatic carbocycles. The molecule has 0 radical (unpaired) electrons. The van der Waals surface area contributed by atoms with Gasteiger partial charge in [-0.25, -0.2) is 15.0 Å². The molecule has 4 aromatic rings. The SMILES string of the molecule is C[C@@]12C[C@@H](C(=O)Nc3cccc(Br)n3)N(C(=O)Cn3c4cnccc4c4c(N)ncnc43)[C@@H]1C2. The van der Waals surface area contributed by atoms with Crippen LogP contribution in [0.25, 0.3) is 21.9 Å². The van der Waals surface area contributed by atoms with Crippen LogP contribution in [0.4, 0.5) is 11.6 Å². The quantitative estimate of drug-likeness (QED) is 0.395. The normalized spacial score (nSPS) is 23.3. The number of carbonyl (C=O) groups is 2. The lowest BCUT2D eigenvalue weighted by Crippen LogP contribution is -2.46. The van der Waals surface area contributed by atoms with E-state index in [1.807, 2.05) is 6.07 Å². The number of nitrogen functional groups attached to an aromatic ring is 1. The highest BCUT2D eigenvalue weighted by Gasteiger charge is 2.64. The van der Waals surface area contributed by atoms with Crippen LogP contribution >= 0.6 is 15.9 Å². The van der Waals surface area contributed by atoms with E-state index < -0.39 is 6.04 Å². The minimum Gasteiger partial charge on any atom is -0.383 e. The molecule has 0 bridgehead atoms. The number of carbonyl (C=O) groups excluding carboxylic acids is 2. The minimum absolute atomic E-state index is 0.0215. The van der Waals surface area contributed by atoms with E-state index in [1.54, 1.807) is 40.1 Å². The van der Waals surface area contributed by atoms with Crippen molar-refractivity contribution in [2.45, 2.75) is 38.4 Å². The second kappa shape index (κ2) is 7.45. The number of hydrogen-bond acceptors (Lipinski definition) is 7. The van der Waals surface area contributed by atoms with Crippen LogP contribution < -0.4 is 11.1 Å². The summed E-state index contributed by atoms with van der Waals surface area (Å²) in [4.78, 5) is 45.7. The zero-order chi connectivity index (χ0) is 23.6. The monoisotopic (exact) mass is 520 g/mol. The summed E-state index contributed by atoms with van der Waals surface area (Å²) in [7, 11) is 0. The first-order chi connectivity index (χ1) is 16.4. The van der Waals surface area contributed by atoms with Gasteiger partial charge >= 0.3 is 0 Å². The number of nitrogens with zero attached hydrogens (tertiary/aromatic N) is 6. The number of likely N-dealkylation sites (tertiary alicyclic amines) is 1. The molecule has 1 saturated heterocycles. The van der Waals surface area contributed by atoms with Gasteiger partial charge in [-0.1, -0.05) is 13.0 Å². The molecule has 172 valence electrons. The summed E-state index contributed by atoms with van der Waals surface area (Å²) < 4.78 is 2.43. The molecule has 10 nitrogen and oxygen atoms in total. The van der Waals surface area contributed by atoms with Crippen LogP contribution in [0.5, 0.6) is 0 Å². The fraction of sp³-hybridized carbons (Fsp3) is 0.304. The van der Waals surface area contributed by atoms with Crippen LogP contribution in [-0.4, -0.2) is 53.3 Å². The molecule has 1 aliphatic heterocycles. The molecule has 5 heterocycles. The zero-order valence-electron chi connectivity index (χ0n) is 18.3. The van der Waals surface area contributed by atoms with Gasteiger partial charge in [0, 0.05) is 17.6 Å².